The molecule has 0 aliphatic rings. The van der Waals surface area contributed by atoms with Crippen molar-refractivity contribution in [3.05, 3.63) is 64.1 Å². The summed E-state index contributed by atoms with van der Waals surface area (Å²) in [6, 6.07) is 14.8. The van der Waals surface area contributed by atoms with E-state index in [-0.39, 0.29) is 18.4 Å². The molecule has 144 valence electrons. The Kier molecular flexibility index (Phi) is 7.85. The third-order valence-corrected chi connectivity index (χ3v) is 4.98. The van der Waals surface area contributed by atoms with Gasteiger partial charge in [-0.15, -0.1) is 0 Å². The minimum Gasteiger partial charge on any atom is -0.483 e. The summed E-state index contributed by atoms with van der Waals surface area (Å²) >= 11 is 3.48. The highest BCUT2D eigenvalue weighted by atomic mass is 79.9. The maximum absolute atomic E-state index is 12.8. The number of hydrogen-bond donors (Lipinski definition) is 1. The maximum Gasteiger partial charge on any atom is 0.261 e. The van der Waals surface area contributed by atoms with Gasteiger partial charge in [0.05, 0.1) is 4.47 Å². The van der Waals surface area contributed by atoms with Crippen LogP contribution in [0.3, 0.4) is 0 Å². The van der Waals surface area contributed by atoms with Crippen molar-refractivity contribution in [2.24, 2.45) is 0 Å². The molecule has 0 aliphatic heterocycles. The van der Waals surface area contributed by atoms with Gasteiger partial charge in [-0.25, -0.2) is 0 Å². The summed E-state index contributed by atoms with van der Waals surface area (Å²) in [6.45, 7) is 3.99. The van der Waals surface area contributed by atoms with E-state index in [0.29, 0.717) is 12.3 Å². The molecule has 1 N–H and O–H groups in total. The topological polar surface area (TPSA) is 58.6 Å². The molecule has 2 rings (SSSR count). The van der Waals surface area contributed by atoms with Gasteiger partial charge in [-0.1, -0.05) is 43.3 Å². The lowest BCUT2D eigenvalue weighted by atomic mass is 10.1. The largest absolute Gasteiger partial charge is 0.483 e. The van der Waals surface area contributed by atoms with Crippen molar-refractivity contribution in [1.82, 2.24) is 10.2 Å². The van der Waals surface area contributed by atoms with Gasteiger partial charge < -0.3 is 15.0 Å². The Bertz CT molecular complexity index is 780. The number of halogens is 1. The number of carbonyl (C=O) groups is 2. The minimum atomic E-state index is -0.600. The molecule has 2 aromatic carbocycles. The third kappa shape index (κ3) is 5.82. The lowest BCUT2D eigenvalue weighted by Crippen LogP contribution is -2.48. The van der Waals surface area contributed by atoms with Gasteiger partial charge in [0.1, 0.15) is 11.8 Å². The molecule has 1 atom stereocenters. The van der Waals surface area contributed by atoms with E-state index >= 15 is 0 Å². The third-order valence-electron chi connectivity index (χ3n) is 4.37. The maximum atomic E-state index is 12.8. The number of nitrogens with one attached hydrogen (secondary N) is 1. The first kappa shape index (κ1) is 21.0. The predicted molar refractivity (Wildman–Crippen MR) is 110 cm³/mol. The molecule has 6 heteroatoms. The van der Waals surface area contributed by atoms with Crippen LogP contribution in [0.1, 0.15) is 25.0 Å². The number of aryl methyl sites for hydroxylation is 1. The molecule has 5 nitrogen and oxygen atoms in total. The fourth-order valence-electron chi connectivity index (χ4n) is 2.68. The molecule has 0 radical (unpaired) electrons. The summed E-state index contributed by atoms with van der Waals surface area (Å²) in [5, 5.41) is 2.60. The molecule has 0 spiro atoms. The predicted octanol–water partition coefficient (Wildman–Crippen LogP) is 3.55. The highest BCUT2D eigenvalue weighted by molar-refractivity contribution is 9.10. The molecule has 0 fully saturated rings. The second kappa shape index (κ2) is 10.1. The zero-order chi connectivity index (χ0) is 19.8. The van der Waals surface area contributed by atoms with Gasteiger partial charge in [-0.3, -0.25) is 9.59 Å². The normalized spacial score (nSPS) is 11.6. The number of amides is 2. The van der Waals surface area contributed by atoms with E-state index in [1.54, 1.807) is 14.0 Å². The fraction of sp³-hybridized carbons (Fsp3) is 0.333. The van der Waals surface area contributed by atoms with Crippen LogP contribution in [0.4, 0.5) is 0 Å². The summed E-state index contributed by atoms with van der Waals surface area (Å²) in [4.78, 5) is 26.4. The van der Waals surface area contributed by atoms with Gasteiger partial charge in [-0.05, 0) is 52.5 Å². The lowest BCUT2D eigenvalue weighted by Gasteiger charge is -2.28. The summed E-state index contributed by atoms with van der Waals surface area (Å²) in [5.74, 6) is 0.141. The second-order valence-corrected chi connectivity index (χ2v) is 7.06. The first-order chi connectivity index (χ1) is 13.0. The first-order valence-electron chi connectivity index (χ1n) is 8.92. The average molecular weight is 433 g/mol. The van der Waals surface area contributed by atoms with Crippen molar-refractivity contribution in [2.45, 2.75) is 32.9 Å². The first-order valence-corrected chi connectivity index (χ1v) is 9.71. The van der Waals surface area contributed by atoms with Crippen molar-refractivity contribution in [1.29, 1.82) is 0 Å². The van der Waals surface area contributed by atoms with Crippen molar-refractivity contribution >= 4 is 27.7 Å². The SMILES string of the molecule is CCc1ccc(OCC(=O)N(Cc2ccccc2)[C@@H](C)C(=O)NC)c(Br)c1. The highest BCUT2D eigenvalue weighted by Crippen LogP contribution is 2.26. The molecule has 27 heavy (non-hydrogen) atoms. The summed E-state index contributed by atoms with van der Waals surface area (Å²) in [6.07, 6.45) is 0.923. The van der Waals surface area contributed by atoms with E-state index < -0.39 is 6.04 Å². The summed E-state index contributed by atoms with van der Waals surface area (Å²) in [5.41, 5.74) is 2.13. The standard InChI is InChI=1S/C21H25BrN2O3/c1-4-16-10-11-19(18(22)12-16)27-14-20(25)24(15(2)21(26)23-3)13-17-8-6-5-7-9-17/h5-12,15H,4,13-14H2,1-3H3,(H,23,26)/t15-/m0/s1. The van der Waals surface area contributed by atoms with Crippen LogP contribution in [0.2, 0.25) is 0 Å². The number of likely N-dealkylation sites (N-methyl/N-ethyl adjacent to an activating group) is 1. The van der Waals surface area contributed by atoms with Crippen LogP contribution in [-0.4, -0.2) is 36.4 Å². The smallest absolute Gasteiger partial charge is 0.261 e. The number of nitrogens with zero attached hydrogens (tertiary/aromatic N) is 1. The average Bonchev–Trinajstić information content (AvgIpc) is 2.70. The molecule has 0 saturated heterocycles. The number of carbonyl (C=O) groups excluding carboxylic acids is 2. The number of hydrogen-bond acceptors (Lipinski definition) is 3. The Morgan fingerprint density at radius 3 is 2.44 bits per heavy atom. The molecule has 0 bridgehead atoms. The van der Waals surface area contributed by atoms with Crippen LogP contribution >= 0.6 is 15.9 Å². The van der Waals surface area contributed by atoms with E-state index in [0.717, 1.165) is 16.5 Å². The molecule has 0 heterocycles. The van der Waals surface area contributed by atoms with Crippen molar-refractivity contribution in [2.75, 3.05) is 13.7 Å². The zero-order valence-corrected chi connectivity index (χ0v) is 17.5. The number of ether oxygens (including phenoxy) is 1. The Morgan fingerprint density at radius 2 is 1.85 bits per heavy atom. The van der Waals surface area contributed by atoms with Gasteiger partial charge in [0.25, 0.3) is 5.91 Å². The molecule has 2 aromatic rings. The van der Waals surface area contributed by atoms with E-state index in [2.05, 4.69) is 28.2 Å². The molecular formula is C21H25BrN2O3. The van der Waals surface area contributed by atoms with Gasteiger partial charge >= 0.3 is 0 Å². The molecule has 0 saturated carbocycles. The van der Waals surface area contributed by atoms with Gasteiger partial charge in [0.2, 0.25) is 5.91 Å². The quantitative estimate of drug-likeness (QED) is 0.693. The molecule has 0 unspecified atom stereocenters. The van der Waals surface area contributed by atoms with Crippen molar-refractivity contribution in [3.63, 3.8) is 0 Å². The Morgan fingerprint density at radius 1 is 1.15 bits per heavy atom. The van der Waals surface area contributed by atoms with Crippen LogP contribution in [0.5, 0.6) is 5.75 Å². The van der Waals surface area contributed by atoms with Crippen LogP contribution in [-0.2, 0) is 22.6 Å². The number of rotatable bonds is 8. The monoisotopic (exact) mass is 432 g/mol. The Balaban J connectivity index is 2.12. The Labute approximate surface area is 168 Å². The summed E-state index contributed by atoms with van der Waals surface area (Å²) < 4.78 is 6.52. The van der Waals surface area contributed by atoms with Crippen molar-refractivity contribution < 1.29 is 14.3 Å². The van der Waals surface area contributed by atoms with Crippen LogP contribution < -0.4 is 10.1 Å². The van der Waals surface area contributed by atoms with E-state index in [1.165, 1.54) is 10.5 Å². The fourth-order valence-corrected chi connectivity index (χ4v) is 3.22. The minimum absolute atomic E-state index is 0.141. The van der Waals surface area contributed by atoms with Crippen LogP contribution in [0.25, 0.3) is 0 Å². The molecular weight excluding hydrogens is 408 g/mol. The van der Waals surface area contributed by atoms with E-state index in [4.69, 9.17) is 4.74 Å². The molecule has 0 aromatic heterocycles. The van der Waals surface area contributed by atoms with Gasteiger partial charge in [-0.2, -0.15) is 0 Å². The van der Waals surface area contributed by atoms with Gasteiger partial charge in [0.15, 0.2) is 6.61 Å². The second-order valence-electron chi connectivity index (χ2n) is 6.20. The zero-order valence-electron chi connectivity index (χ0n) is 15.9. The highest BCUT2D eigenvalue weighted by Gasteiger charge is 2.25. The van der Waals surface area contributed by atoms with Crippen molar-refractivity contribution in [3.8, 4) is 5.75 Å². The number of benzene rings is 2. The molecule has 2 amide bonds. The van der Waals surface area contributed by atoms with Gasteiger partial charge in [0, 0.05) is 13.6 Å². The Hall–Kier alpha value is -2.34. The van der Waals surface area contributed by atoms with Crippen LogP contribution in [0, 0.1) is 0 Å². The lowest BCUT2D eigenvalue weighted by molar-refractivity contribution is -0.142. The summed E-state index contributed by atoms with van der Waals surface area (Å²) in [7, 11) is 1.56. The van der Waals surface area contributed by atoms with E-state index in [9.17, 15) is 9.59 Å². The van der Waals surface area contributed by atoms with Crippen LogP contribution in [0.15, 0.2) is 53.0 Å². The van der Waals surface area contributed by atoms with E-state index in [1.807, 2.05) is 48.5 Å². The molecule has 0 aliphatic carbocycles.